The molecular formula is C17H13N3O2. The van der Waals surface area contributed by atoms with Crippen LogP contribution in [0.1, 0.15) is 5.69 Å². The number of ether oxygens (including phenoxy) is 1. The molecule has 108 valence electrons. The van der Waals surface area contributed by atoms with Crippen LogP contribution < -0.4 is 5.32 Å². The first-order valence-corrected chi connectivity index (χ1v) is 7.08. The average molecular weight is 291 g/mol. The molecule has 1 aromatic heterocycles. The van der Waals surface area contributed by atoms with Crippen molar-refractivity contribution >= 4 is 16.7 Å². The zero-order valence-corrected chi connectivity index (χ0v) is 11.7. The van der Waals surface area contributed by atoms with E-state index < -0.39 is 0 Å². The number of anilines is 1. The molecule has 0 spiro atoms. The number of hydrogen-bond donors (Lipinski definition) is 1. The number of nitrogens with zero attached hydrogens (tertiary/aromatic N) is 2. The molecule has 1 saturated heterocycles. The number of fused-ring (bicyclic) bond motifs is 1. The van der Waals surface area contributed by atoms with Crippen LogP contribution in [0.4, 0.5) is 5.88 Å². The van der Waals surface area contributed by atoms with Gasteiger partial charge < -0.3 is 14.5 Å². The van der Waals surface area contributed by atoms with Gasteiger partial charge in [-0.2, -0.15) is 10.2 Å². The molecule has 3 aromatic rings. The highest BCUT2D eigenvalue weighted by atomic mass is 16.5. The van der Waals surface area contributed by atoms with E-state index in [1.54, 1.807) is 0 Å². The van der Waals surface area contributed by atoms with Gasteiger partial charge in [0.25, 0.3) is 0 Å². The Labute approximate surface area is 127 Å². The normalized spacial score (nSPS) is 14.5. The largest absolute Gasteiger partial charge is 0.419 e. The molecule has 0 saturated carbocycles. The summed E-state index contributed by atoms with van der Waals surface area (Å²) in [5.74, 6) is 0.870. The molecule has 0 atom stereocenters. The van der Waals surface area contributed by atoms with Crippen LogP contribution in [0.15, 0.2) is 46.9 Å². The maximum Gasteiger partial charge on any atom is 0.232 e. The van der Waals surface area contributed by atoms with Gasteiger partial charge in [0.2, 0.25) is 17.5 Å². The van der Waals surface area contributed by atoms with E-state index in [9.17, 15) is 5.26 Å². The lowest BCUT2D eigenvalue weighted by Gasteiger charge is -2.26. The van der Waals surface area contributed by atoms with Gasteiger partial charge in [-0.15, -0.1) is 0 Å². The number of nitrogens with one attached hydrogen (secondary N) is 1. The molecule has 5 nitrogen and oxygen atoms in total. The molecule has 1 N–H and O–H groups in total. The number of benzene rings is 2. The smallest absolute Gasteiger partial charge is 0.232 e. The van der Waals surface area contributed by atoms with E-state index >= 15 is 0 Å². The zero-order chi connectivity index (χ0) is 14.9. The Bertz CT molecular complexity index is 870. The van der Waals surface area contributed by atoms with Crippen molar-refractivity contribution in [3.05, 3.63) is 48.2 Å². The second-order valence-corrected chi connectivity index (χ2v) is 5.21. The minimum Gasteiger partial charge on any atom is -0.419 e. The van der Waals surface area contributed by atoms with Crippen LogP contribution in [-0.2, 0) is 4.74 Å². The van der Waals surface area contributed by atoms with Crippen LogP contribution in [0.5, 0.6) is 0 Å². The molecule has 0 unspecified atom stereocenters. The van der Waals surface area contributed by atoms with E-state index in [-0.39, 0.29) is 11.7 Å². The lowest BCUT2D eigenvalue weighted by molar-refractivity contribution is 0.0203. The van der Waals surface area contributed by atoms with Crippen molar-refractivity contribution in [2.24, 2.45) is 0 Å². The third kappa shape index (κ3) is 2.10. The Balaban J connectivity index is 1.79. The van der Waals surface area contributed by atoms with E-state index in [2.05, 4.69) is 16.4 Å². The van der Waals surface area contributed by atoms with Crippen molar-refractivity contribution in [3.63, 3.8) is 0 Å². The Hall–Kier alpha value is -2.84. The highest BCUT2D eigenvalue weighted by Gasteiger charge is 2.23. The number of nitriles is 1. The highest BCUT2D eigenvalue weighted by Crippen LogP contribution is 2.31. The summed E-state index contributed by atoms with van der Waals surface area (Å²) in [6.45, 7) is 1.24. The fourth-order valence-electron chi connectivity index (χ4n) is 2.53. The Morgan fingerprint density at radius 3 is 2.73 bits per heavy atom. The van der Waals surface area contributed by atoms with Gasteiger partial charge >= 0.3 is 0 Å². The first-order valence-electron chi connectivity index (χ1n) is 7.08. The predicted octanol–water partition coefficient (Wildman–Crippen LogP) is 3.18. The first-order chi connectivity index (χ1) is 10.8. The summed E-state index contributed by atoms with van der Waals surface area (Å²) in [7, 11) is 0. The third-order valence-electron chi connectivity index (χ3n) is 3.73. The predicted molar refractivity (Wildman–Crippen MR) is 82.4 cm³/mol. The third-order valence-corrected chi connectivity index (χ3v) is 3.73. The van der Waals surface area contributed by atoms with Crippen molar-refractivity contribution in [1.82, 2.24) is 4.98 Å². The monoisotopic (exact) mass is 291 g/mol. The average Bonchev–Trinajstić information content (AvgIpc) is 2.93. The lowest BCUT2D eigenvalue weighted by atomic mass is 10.0. The second-order valence-electron chi connectivity index (χ2n) is 5.21. The van der Waals surface area contributed by atoms with E-state index in [1.165, 1.54) is 0 Å². The number of aromatic nitrogens is 1. The molecule has 1 aliphatic heterocycles. The zero-order valence-electron chi connectivity index (χ0n) is 11.7. The molecular weight excluding hydrogens is 278 g/mol. The van der Waals surface area contributed by atoms with E-state index in [0.717, 1.165) is 16.3 Å². The van der Waals surface area contributed by atoms with Crippen LogP contribution in [0.25, 0.3) is 22.2 Å². The molecule has 4 rings (SSSR count). The van der Waals surface area contributed by atoms with E-state index in [0.29, 0.717) is 25.0 Å². The van der Waals surface area contributed by atoms with E-state index in [4.69, 9.17) is 9.15 Å². The van der Waals surface area contributed by atoms with Gasteiger partial charge in [0.15, 0.2) is 0 Å². The summed E-state index contributed by atoms with van der Waals surface area (Å²) in [6.07, 6.45) is 0. The van der Waals surface area contributed by atoms with Crippen molar-refractivity contribution in [2.75, 3.05) is 18.5 Å². The summed E-state index contributed by atoms with van der Waals surface area (Å²) >= 11 is 0. The summed E-state index contributed by atoms with van der Waals surface area (Å²) in [5.41, 5.74) is 1.15. The molecule has 1 aliphatic rings. The molecule has 2 aromatic carbocycles. The van der Waals surface area contributed by atoms with E-state index in [1.807, 2.05) is 42.5 Å². The van der Waals surface area contributed by atoms with Gasteiger partial charge in [-0.05, 0) is 16.8 Å². The minimum absolute atomic E-state index is 0.181. The number of hydrogen-bond acceptors (Lipinski definition) is 5. The van der Waals surface area contributed by atoms with Crippen molar-refractivity contribution in [3.8, 4) is 17.5 Å². The van der Waals surface area contributed by atoms with Crippen LogP contribution in [0.2, 0.25) is 0 Å². The van der Waals surface area contributed by atoms with Gasteiger partial charge in [-0.3, -0.25) is 0 Å². The van der Waals surface area contributed by atoms with Crippen molar-refractivity contribution < 1.29 is 9.15 Å². The summed E-state index contributed by atoms with van der Waals surface area (Å²) in [6, 6.07) is 16.2. The van der Waals surface area contributed by atoms with Crippen LogP contribution in [-0.4, -0.2) is 24.2 Å². The first kappa shape index (κ1) is 12.9. The molecule has 0 aliphatic carbocycles. The SMILES string of the molecule is N#Cc1nc(-c2cccc3ccccc23)oc1NC1COC1. The van der Waals surface area contributed by atoms with Gasteiger partial charge in [0, 0.05) is 5.56 Å². The maximum absolute atomic E-state index is 9.25. The number of oxazole rings is 1. The number of rotatable bonds is 3. The molecule has 0 radical (unpaired) electrons. The Morgan fingerprint density at radius 1 is 1.14 bits per heavy atom. The maximum atomic E-state index is 9.25. The van der Waals surface area contributed by atoms with Gasteiger partial charge in [-0.25, -0.2) is 0 Å². The minimum atomic E-state index is 0.181. The van der Waals surface area contributed by atoms with Gasteiger partial charge in [0.1, 0.15) is 6.07 Å². The molecule has 5 heteroatoms. The topological polar surface area (TPSA) is 71.1 Å². The Kier molecular flexibility index (Phi) is 3.02. The molecule has 0 amide bonds. The fourth-order valence-corrected chi connectivity index (χ4v) is 2.53. The summed E-state index contributed by atoms with van der Waals surface area (Å²) < 4.78 is 10.9. The molecule has 1 fully saturated rings. The quantitative estimate of drug-likeness (QED) is 0.802. The van der Waals surface area contributed by atoms with Crippen LogP contribution in [0.3, 0.4) is 0 Å². The Morgan fingerprint density at radius 2 is 1.95 bits per heavy atom. The lowest BCUT2D eigenvalue weighted by Crippen LogP contribution is -2.40. The van der Waals surface area contributed by atoms with Crippen molar-refractivity contribution in [1.29, 1.82) is 5.26 Å². The summed E-state index contributed by atoms with van der Waals surface area (Å²) in [5, 5.41) is 14.6. The summed E-state index contributed by atoms with van der Waals surface area (Å²) in [4.78, 5) is 4.33. The van der Waals surface area contributed by atoms with Gasteiger partial charge in [-0.1, -0.05) is 36.4 Å². The van der Waals surface area contributed by atoms with Gasteiger partial charge in [0.05, 0.1) is 19.3 Å². The standard InChI is InChI=1S/C17H13N3O2/c18-8-15-17(19-12-9-21-10-12)22-16(20-15)14-7-3-5-11-4-1-2-6-13(11)14/h1-7,12,19H,9-10H2. The van der Waals surface area contributed by atoms with Crippen LogP contribution in [0, 0.1) is 11.3 Å². The van der Waals surface area contributed by atoms with Crippen LogP contribution >= 0.6 is 0 Å². The molecule has 22 heavy (non-hydrogen) atoms. The highest BCUT2D eigenvalue weighted by molar-refractivity contribution is 5.94. The van der Waals surface area contributed by atoms with Crippen molar-refractivity contribution in [2.45, 2.75) is 6.04 Å². The molecule has 2 heterocycles. The fraction of sp³-hybridized carbons (Fsp3) is 0.176. The second kappa shape index (κ2) is 5.17. The molecule has 0 bridgehead atoms.